The van der Waals surface area contributed by atoms with Gasteiger partial charge in [-0.15, -0.1) is 0 Å². The van der Waals surface area contributed by atoms with Crippen molar-refractivity contribution in [1.29, 1.82) is 0 Å². The van der Waals surface area contributed by atoms with E-state index >= 15 is 0 Å². The second kappa shape index (κ2) is 13.1. The highest BCUT2D eigenvalue weighted by molar-refractivity contribution is 6.19. The van der Waals surface area contributed by atoms with Gasteiger partial charge in [-0.2, -0.15) is 0 Å². The van der Waals surface area contributed by atoms with Gasteiger partial charge >= 0.3 is 0 Å². The van der Waals surface area contributed by atoms with Gasteiger partial charge in [0.2, 0.25) is 0 Å². The van der Waals surface area contributed by atoms with E-state index in [0.717, 1.165) is 72.1 Å². The van der Waals surface area contributed by atoms with E-state index in [-0.39, 0.29) is 5.41 Å². The Morgan fingerprint density at radius 2 is 0.836 bits per heavy atom. The van der Waals surface area contributed by atoms with Crippen LogP contribution in [0.4, 0.5) is 17.1 Å². The minimum atomic E-state index is -0.482. The largest absolute Gasteiger partial charge is 0.456 e. The SMILES string of the molecule is CC1(C)c2ccccc2-c2ccc(N(c3ccc4c(c3)C3(c5ccccc5-c5ccccc53)c3ccccc3-4)c3cccc4oc5cc6c(cc5c34)oc3cc(-c4ccccc4)ccc36)cc21. The topological polar surface area (TPSA) is 29.5 Å². The van der Waals surface area contributed by atoms with E-state index in [0.29, 0.717) is 0 Å². The van der Waals surface area contributed by atoms with Crippen molar-refractivity contribution in [2.75, 3.05) is 4.90 Å². The first-order chi connectivity index (χ1) is 33.0. The molecule has 0 radical (unpaired) electrons. The Bertz CT molecular complexity index is 4030. The maximum atomic E-state index is 6.89. The second-order valence-corrected chi connectivity index (χ2v) is 19.1. The molecular weight excluding hydrogens is 815 g/mol. The third-order valence-electron chi connectivity index (χ3n) is 15.5. The molecule has 1 spiro atoms. The van der Waals surface area contributed by atoms with E-state index in [4.69, 9.17) is 8.83 Å². The molecule has 15 rings (SSSR count). The van der Waals surface area contributed by atoms with Crippen LogP contribution in [-0.2, 0) is 10.8 Å². The summed E-state index contributed by atoms with van der Waals surface area (Å²) in [5, 5.41) is 4.18. The van der Waals surface area contributed by atoms with Crippen LogP contribution in [0.5, 0.6) is 0 Å². The fraction of sp³-hybridized carbons (Fsp3) is 0.0625. The Balaban J connectivity index is 0.993. The molecule has 0 atom stereocenters. The lowest BCUT2D eigenvalue weighted by atomic mass is 9.70. The summed E-state index contributed by atoms with van der Waals surface area (Å²) in [6.45, 7) is 4.73. The molecule has 3 aliphatic carbocycles. The molecule has 0 saturated heterocycles. The number of fused-ring (bicyclic) bond motifs is 19. The Hall–Kier alpha value is -8.40. The average molecular weight is 856 g/mol. The molecule has 314 valence electrons. The maximum Gasteiger partial charge on any atom is 0.137 e. The summed E-state index contributed by atoms with van der Waals surface area (Å²) in [4.78, 5) is 2.48. The normalized spacial score (nSPS) is 14.4. The van der Waals surface area contributed by atoms with E-state index < -0.39 is 5.41 Å². The molecule has 0 bridgehead atoms. The van der Waals surface area contributed by atoms with Crippen molar-refractivity contribution in [1.82, 2.24) is 0 Å². The van der Waals surface area contributed by atoms with Crippen molar-refractivity contribution in [3.8, 4) is 44.5 Å². The van der Waals surface area contributed by atoms with E-state index in [1.54, 1.807) is 0 Å². The summed E-state index contributed by atoms with van der Waals surface area (Å²) in [7, 11) is 0. The van der Waals surface area contributed by atoms with Gasteiger partial charge in [-0.3, -0.25) is 0 Å². The van der Waals surface area contributed by atoms with E-state index in [1.807, 2.05) is 0 Å². The monoisotopic (exact) mass is 855 g/mol. The quantitative estimate of drug-likeness (QED) is 0.177. The Morgan fingerprint density at radius 1 is 0.328 bits per heavy atom. The van der Waals surface area contributed by atoms with E-state index in [1.165, 1.54) is 66.8 Å². The van der Waals surface area contributed by atoms with Crippen LogP contribution >= 0.6 is 0 Å². The summed E-state index contributed by atoms with van der Waals surface area (Å²) < 4.78 is 13.6. The lowest BCUT2D eigenvalue weighted by Crippen LogP contribution is -2.26. The van der Waals surface area contributed by atoms with Gasteiger partial charge in [0, 0.05) is 32.9 Å². The molecule has 0 aliphatic heterocycles. The zero-order chi connectivity index (χ0) is 44.2. The summed E-state index contributed by atoms with van der Waals surface area (Å²) in [6, 6.07) is 78.2. The molecule has 0 amide bonds. The van der Waals surface area contributed by atoms with Crippen LogP contribution in [-0.4, -0.2) is 0 Å². The van der Waals surface area contributed by atoms with Crippen LogP contribution < -0.4 is 4.90 Å². The predicted octanol–water partition coefficient (Wildman–Crippen LogP) is 17.3. The number of benzene rings is 10. The molecule has 0 unspecified atom stereocenters. The molecule has 2 aromatic heterocycles. The number of rotatable bonds is 4. The van der Waals surface area contributed by atoms with Crippen LogP contribution in [0.3, 0.4) is 0 Å². The smallest absolute Gasteiger partial charge is 0.137 e. The summed E-state index contributed by atoms with van der Waals surface area (Å²) >= 11 is 0. The highest BCUT2D eigenvalue weighted by atomic mass is 16.3. The molecule has 12 aromatic rings. The van der Waals surface area contributed by atoms with E-state index in [9.17, 15) is 0 Å². The van der Waals surface area contributed by atoms with Crippen LogP contribution in [0.1, 0.15) is 47.2 Å². The van der Waals surface area contributed by atoms with Gasteiger partial charge in [-0.05, 0) is 139 Å². The van der Waals surface area contributed by atoms with Gasteiger partial charge < -0.3 is 13.7 Å². The van der Waals surface area contributed by atoms with E-state index in [2.05, 4.69) is 231 Å². The Morgan fingerprint density at radius 3 is 1.51 bits per heavy atom. The Kier molecular flexibility index (Phi) is 7.22. The number of furan rings is 2. The Labute approximate surface area is 387 Å². The summed E-state index contributed by atoms with van der Waals surface area (Å²) in [6.07, 6.45) is 0. The highest BCUT2D eigenvalue weighted by Gasteiger charge is 2.51. The second-order valence-electron chi connectivity index (χ2n) is 19.1. The predicted molar refractivity (Wildman–Crippen MR) is 275 cm³/mol. The lowest BCUT2D eigenvalue weighted by molar-refractivity contribution is 0.660. The molecule has 67 heavy (non-hydrogen) atoms. The fourth-order valence-corrected chi connectivity index (χ4v) is 12.6. The maximum absolute atomic E-state index is 6.89. The molecule has 0 saturated carbocycles. The highest BCUT2D eigenvalue weighted by Crippen LogP contribution is 2.63. The third kappa shape index (κ3) is 4.80. The summed E-state index contributed by atoms with van der Waals surface area (Å²) in [5.74, 6) is 0. The molecule has 0 N–H and O–H groups in total. The molecule has 3 nitrogen and oxygen atoms in total. The first-order valence-electron chi connectivity index (χ1n) is 23.3. The average Bonchev–Trinajstić information content (AvgIpc) is 4.14. The molecule has 2 heterocycles. The lowest BCUT2D eigenvalue weighted by Gasteiger charge is -2.32. The minimum absolute atomic E-state index is 0.184. The minimum Gasteiger partial charge on any atom is -0.456 e. The number of anilines is 3. The van der Waals surface area contributed by atoms with Gasteiger partial charge in [-0.1, -0.05) is 166 Å². The van der Waals surface area contributed by atoms with Gasteiger partial charge in [0.25, 0.3) is 0 Å². The molecule has 0 fully saturated rings. The zero-order valence-electron chi connectivity index (χ0n) is 37.0. The van der Waals surface area contributed by atoms with Crippen molar-refractivity contribution in [3.05, 3.63) is 246 Å². The fourth-order valence-electron chi connectivity index (χ4n) is 12.6. The van der Waals surface area contributed by atoms with Crippen LogP contribution in [0, 0.1) is 0 Å². The van der Waals surface area contributed by atoms with Crippen molar-refractivity contribution in [2.24, 2.45) is 0 Å². The number of nitrogens with zero attached hydrogens (tertiary/aromatic N) is 1. The first kappa shape index (κ1) is 36.9. The van der Waals surface area contributed by atoms with Gasteiger partial charge in [-0.25, -0.2) is 0 Å². The molecule has 3 heteroatoms. The zero-order valence-corrected chi connectivity index (χ0v) is 37.0. The van der Waals surface area contributed by atoms with Crippen molar-refractivity contribution >= 4 is 60.9 Å². The van der Waals surface area contributed by atoms with Crippen LogP contribution in [0.15, 0.2) is 221 Å². The van der Waals surface area contributed by atoms with Crippen LogP contribution in [0.25, 0.3) is 88.4 Å². The summed E-state index contributed by atoms with van der Waals surface area (Å²) in [5.41, 5.74) is 23.9. The van der Waals surface area contributed by atoms with Crippen molar-refractivity contribution in [2.45, 2.75) is 24.7 Å². The standard InChI is InChI=1S/C64H41NO2/c1-63(2)51-21-10-6-17-42(51)46-31-28-40(34-55(46)63)65(41-29-32-47-45-20-9-13-24-54(45)64(56(47)35-41)52-22-11-7-18-43(52)44-19-8-12-23-53(44)64)57-25-14-26-58-62(57)50-37-60-49(36-61(50)66-58)48-30-27-39(33-59(48)67-60)38-15-4-3-5-16-38/h3-37H,1-2H3. The molecular formula is C64H41NO2. The van der Waals surface area contributed by atoms with Gasteiger partial charge in [0.05, 0.1) is 16.5 Å². The number of hydrogen-bond acceptors (Lipinski definition) is 3. The number of hydrogen-bond donors (Lipinski definition) is 0. The van der Waals surface area contributed by atoms with Crippen molar-refractivity contribution < 1.29 is 8.83 Å². The van der Waals surface area contributed by atoms with Gasteiger partial charge in [0.15, 0.2) is 0 Å². The van der Waals surface area contributed by atoms with Gasteiger partial charge in [0.1, 0.15) is 22.3 Å². The molecule has 10 aromatic carbocycles. The molecule has 3 aliphatic rings. The third-order valence-corrected chi connectivity index (χ3v) is 15.5. The first-order valence-corrected chi connectivity index (χ1v) is 23.3. The van der Waals surface area contributed by atoms with Crippen molar-refractivity contribution in [3.63, 3.8) is 0 Å². The van der Waals surface area contributed by atoms with Crippen LogP contribution in [0.2, 0.25) is 0 Å².